The number of esters is 1. The number of aliphatic hydroxyl groups is 1. The van der Waals surface area contributed by atoms with Gasteiger partial charge in [-0.2, -0.15) is 0 Å². The molecule has 0 amide bonds. The summed E-state index contributed by atoms with van der Waals surface area (Å²) in [4.78, 5) is 15.1. The van der Waals surface area contributed by atoms with Crippen LogP contribution in [0.2, 0.25) is 0 Å². The predicted octanol–water partition coefficient (Wildman–Crippen LogP) is 4.53. The molecule has 1 aliphatic heterocycles. The fourth-order valence-corrected chi connectivity index (χ4v) is 6.37. The van der Waals surface area contributed by atoms with Crippen LogP contribution in [0.1, 0.15) is 58.4 Å². The molecule has 2 unspecified atom stereocenters. The molecule has 1 N–H and O–H groups in total. The summed E-state index contributed by atoms with van der Waals surface area (Å²) in [6.45, 7) is 12.7. The summed E-state index contributed by atoms with van der Waals surface area (Å²) < 4.78 is 5.93. The third-order valence-corrected chi connectivity index (χ3v) is 8.15. The van der Waals surface area contributed by atoms with E-state index in [4.69, 9.17) is 4.74 Å². The van der Waals surface area contributed by atoms with Crippen molar-refractivity contribution in [3.8, 4) is 0 Å². The van der Waals surface area contributed by atoms with E-state index in [-0.39, 0.29) is 29.3 Å². The minimum absolute atomic E-state index is 0.0444. The Bertz CT molecular complexity index is 789. The average Bonchev–Trinajstić information content (AvgIpc) is 3.00. The molecule has 3 fully saturated rings. The lowest BCUT2D eigenvalue weighted by Crippen LogP contribution is -2.47. The van der Waals surface area contributed by atoms with Gasteiger partial charge in [-0.05, 0) is 62.5 Å². The predicted molar refractivity (Wildman–Crippen MR) is 119 cm³/mol. The van der Waals surface area contributed by atoms with Crippen molar-refractivity contribution < 1.29 is 14.6 Å². The molecular formula is C26H37NO3. The van der Waals surface area contributed by atoms with Crippen LogP contribution in [-0.2, 0) is 15.1 Å². The third kappa shape index (κ3) is 3.97. The van der Waals surface area contributed by atoms with Crippen LogP contribution >= 0.6 is 0 Å². The van der Waals surface area contributed by atoms with Crippen LogP contribution < -0.4 is 0 Å². The molecule has 0 aromatic heterocycles. The molecule has 4 heteroatoms. The van der Waals surface area contributed by atoms with E-state index >= 15 is 0 Å². The first kappa shape index (κ1) is 21.6. The molecule has 3 aliphatic rings. The Labute approximate surface area is 181 Å². The number of allylic oxidation sites excluding steroid dienone is 1. The van der Waals surface area contributed by atoms with Gasteiger partial charge < -0.3 is 9.84 Å². The van der Waals surface area contributed by atoms with Crippen LogP contribution in [0.25, 0.3) is 0 Å². The molecule has 2 aliphatic carbocycles. The Hall–Kier alpha value is -1.65. The lowest BCUT2D eigenvalue weighted by Gasteiger charge is -2.50. The number of rotatable bonds is 6. The van der Waals surface area contributed by atoms with Crippen molar-refractivity contribution in [2.24, 2.45) is 23.2 Å². The van der Waals surface area contributed by atoms with Crippen molar-refractivity contribution in [2.75, 3.05) is 19.6 Å². The first-order valence-electron chi connectivity index (χ1n) is 11.6. The molecule has 0 radical (unpaired) electrons. The molecule has 1 aromatic carbocycles. The van der Waals surface area contributed by atoms with Crippen LogP contribution in [0.4, 0.5) is 0 Å². The number of hydrogen-bond acceptors (Lipinski definition) is 4. The van der Waals surface area contributed by atoms with Crippen molar-refractivity contribution >= 4 is 5.97 Å². The number of ether oxygens (including phenoxy) is 1. The topological polar surface area (TPSA) is 49.8 Å². The van der Waals surface area contributed by atoms with E-state index in [0.29, 0.717) is 19.0 Å². The van der Waals surface area contributed by atoms with Gasteiger partial charge in [-0.1, -0.05) is 56.3 Å². The summed E-state index contributed by atoms with van der Waals surface area (Å²) in [7, 11) is 0. The summed E-state index contributed by atoms with van der Waals surface area (Å²) in [5.74, 6) is 0.615. The first-order valence-corrected chi connectivity index (χ1v) is 11.6. The fraction of sp³-hybridized carbons (Fsp3) is 0.654. The highest BCUT2D eigenvalue weighted by atomic mass is 16.6. The van der Waals surface area contributed by atoms with Gasteiger partial charge in [-0.25, -0.2) is 0 Å². The van der Waals surface area contributed by atoms with Crippen molar-refractivity contribution in [1.29, 1.82) is 0 Å². The van der Waals surface area contributed by atoms with Crippen LogP contribution in [0.5, 0.6) is 0 Å². The van der Waals surface area contributed by atoms with E-state index in [1.807, 2.05) is 37.3 Å². The lowest BCUT2D eigenvalue weighted by atomic mass is 9.55. The van der Waals surface area contributed by atoms with Crippen molar-refractivity contribution in [3.05, 3.63) is 48.0 Å². The second-order valence-corrected chi connectivity index (χ2v) is 10.4. The zero-order valence-corrected chi connectivity index (χ0v) is 18.8. The SMILES string of the molecule is C=C1CCC[C@]2(C)C[C@H]3OC(=O)C(CN(CC)C[C@@](C)(O)c4ccccc4)[C@H]3CC12. The summed E-state index contributed by atoms with van der Waals surface area (Å²) in [5.41, 5.74) is 1.55. The van der Waals surface area contributed by atoms with Gasteiger partial charge in [0.05, 0.1) is 11.5 Å². The van der Waals surface area contributed by atoms with E-state index in [1.165, 1.54) is 18.4 Å². The maximum absolute atomic E-state index is 12.9. The Morgan fingerprint density at radius 3 is 2.77 bits per heavy atom. The number of likely N-dealkylation sites (N-methyl/N-ethyl adjacent to an activating group) is 1. The molecule has 164 valence electrons. The lowest BCUT2D eigenvalue weighted by molar-refractivity contribution is -0.146. The number of benzene rings is 1. The Balaban J connectivity index is 1.48. The molecule has 1 heterocycles. The van der Waals surface area contributed by atoms with Gasteiger partial charge >= 0.3 is 5.97 Å². The smallest absolute Gasteiger partial charge is 0.310 e. The molecular weight excluding hydrogens is 374 g/mol. The second kappa shape index (κ2) is 8.12. The highest BCUT2D eigenvalue weighted by molar-refractivity contribution is 5.75. The van der Waals surface area contributed by atoms with E-state index in [0.717, 1.165) is 31.4 Å². The Kier molecular flexibility index (Phi) is 5.84. The highest BCUT2D eigenvalue weighted by Gasteiger charge is 2.55. The minimum atomic E-state index is -0.956. The standard InChI is InChI=1S/C26H37NO3/c1-5-27(17-26(4,29)19-11-7-6-8-12-19)16-21-20-14-22-18(2)10-9-13-25(22,3)15-23(20)30-24(21)28/h6-8,11-12,20-23,29H,2,5,9-10,13-17H2,1,3-4H3/t20-,21?,22?,23-,25-,26-/m1/s1. The number of hydrogen-bond donors (Lipinski definition) is 1. The van der Waals surface area contributed by atoms with Crippen LogP contribution in [0.15, 0.2) is 42.5 Å². The summed E-state index contributed by atoms with van der Waals surface area (Å²) in [5, 5.41) is 11.1. The zero-order chi connectivity index (χ0) is 21.5. The quantitative estimate of drug-likeness (QED) is 0.552. The molecule has 1 saturated heterocycles. The maximum atomic E-state index is 12.9. The van der Waals surface area contributed by atoms with Gasteiger partial charge in [0.25, 0.3) is 0 Å². The number of carbonyl (C=O) groups is 1. The normalized spacial score (nSPS) is 35.5. The molecule has 2 saturated carbocycles. The van der Waals surface area contributed by atoms with Crippen LogP contribution in [0.3, 0.4) is 0 Å². The van der Waals surface area contributed by atoms with Crippen LogP contribution in [0, 0.1) is 23.2 Å². The van der Waals surface area contributed by atoms with Gasteiger partial charge in [0.15, 0.2) is 0 Å². The Morgan fingerprint density at radius 2 is 2.07 bits per heavy atom. The van der Waals surface area contributed by atoms with Gasteiger partial charge in [-0.15, -0.1) is 0 Å². The highest BCUT2D eigenvalue weighted by Crippen LogP contribution is 2.56. The zero-order valence-electron chi connectivity index (χ0n) is 18.8. The molecule has 1 aromatic rings. The molecule has 30 heavy (non-hydrogen) atoms. The fourth-order valence-electron chi connectivity index (χ4n) is 6.37. The third-order valence-electron chi connectivity index (χ3n) is 8.15. The van der Waals surface area contributed by atoms with E-state index < -0.39 is 5.60 Å². The first-order chi connectivity index (χ1) is 14.2. The minimum Gasteiger partial charge on any atom is -0.462 e. The summed E-state index contributed by atoms with van der Waals surface area (Å²) in [6, 6.07) is 9.79. The van der Waals surface area contributed by atoms with Crippen molar-refractivity contribution in [2.45, 2.75) is 64.6 Å². The number of carbonyl (C=O) groups excluding carboxylic acids is 1. The van der Waals surface area contributed by atoms with E-state index in [9.17, 15) is 9.90 Å². The van der Waals surface area contributed by atoms with Gasteiger partial charge in [-0.3, -0.25) is 9.69 Å². The molecule has 4 rings (SSSR count). The number of fused-ring (bicyclic) bond motifs is 2. The van der Waals surface area contributed by atoms with Crippen molar-refractivity contribution in [3.63, 3.8) is 0 Å². The average molecular weight is 412 g/mol. The molecule has 0 spiro atoms. The van der Waals surface area contributed by atoms with E-state index in [1.54, 1.807) is 0 Å². The van der Waals surface area contributed by atoms with Gasteiger partial charge in [0.2, 0.25) is 0 Å². The monoisotopic (exact) mass is 411 g/mol. The van der Waals surface area contributed by atoms with Crippen molar-refractivity contribution in [1.82, 2.24) is 4.90 Å². The largest absolute Gasteiger partial charge is 0.462 e. The van der Waals surface area contributed by atoms with Gasteiger partial charge in [0.1, 0.15) is 6.10 Å². The summed E-state index contributed by atoms with van der Waals surface area (Å²) in [6.07, 6.45) is 5.57. The van der Waals surface area contributed by atoms with Crippen LogP contribution in [-0.4, -0.2) is 41.7 Å². The summed E-state index contributed by atoms with van der Waals surface area (Å²) >= 11 is 0. The van der Waals surface area contributed by atoms with E-state index in [2.05, 4.69) is 25.3 Å². The Morgan fingerprint density at radius 1 is 1.33 bits per heavy atom. The molecule has 4 nitrogen and oxygen atoms in total. The number of nitrogens with zero attached hydrogens (tertiary/aromatic N) is 1. The second-order valence-electron chi connectivity index (χ2n) is 10.4. The molecule has 6 atom stereocenters. The molecule has 0 bridgehead atoms. The van der Waals surface area contributed by atoms with Gasteiger partial charge in [0, 0.05) is 19.0 Å². The maximum Gasteiger partial charge on any atom is 0.310 e.